The highest BCUT2D eigenvalue weighted by atomic mass is 16.8. The van der Waals surface area contributed by atoms with Crippen molar-refractivity contribution in [1.82, 2.24) is 0 Å². The number of aliphatic hydroxyl groups is 7. The van der Waals surface area contributed by atoms with Crippen LogP contribution in [0.3, 0.4) is 0 Å². The fourth-order valence-electron chi connectivity index (χ4n) is 4.76. The van der Waals surface area contributed by atoms with Gasteiger partial charge < -0.3 is 69.6 Å². The third kappa shape index (κ3) is 5.41. The van der Waals surface area contributed by atoms with Crippen LogP contribution >= 0.6 is 0 Å². The molecule has 0 radical (unpaired) electrons. The SMILES string of the molecule is OC[C@H]1O[C@H](OC2=Cc3c(O)cc(O)cc3[OH+]C2c2ccc(O)cc2)[C@H](O[C@@H]2OC[C@@H](O)[C@H](O)[C@H]2O)[C@@H](O)[C@@H]1O. The summed E-state index contributed by atoms with van der Waals surface area (Å²) < 4.78 is 27.4. The molecule has 2 aromatic carbocycles. The quantitative estimate of drug-likeness (QED) is 0.180. The van der Waals surface area contributed by atoms with Gasteiger partial charge in [0.05, 0.1) is 24.8 Å². The Balaban J connectivity index is 1.50. The minimum atomic E-state index is -1.73. The van der Waals surface area contributed by atoms with Gasteiger partial charge in [0.2, 0.25) is 6.29 Å². The number of phenols is 3. The molecule has 2 saturated heterocycles. The lowest BCUT2D eigenvalue weighted by atomic mass is 9.98. The van der Waals surface area contributed by atoms with Crippen molar-refractivity contribution in [3.05, 3.63) is 53.3 Å². The van der Waals surface area contributed by atoms with E-state index in [1.165, 1.54) is 24.3 Å². The second kappa shape index (κ2) is 11.4. The Kier molecular flexibility index (Phi) is 8.05. The molecule has 1 unspecified atom stereocenters. The molecule has 40 heavy (non-hydrogen) atoms. The maximum Gasteiger partial charge on any atom is 0.270 e. The van der Waals surface area contributed by atoms with Crippen LogP contribution < -0.4 is 0 Å². The van der Waals surface area contributed by atoms with Crippen molar-refractivity contribution in [3.8, 4) is 23.0 Å². The van der Waals surface area contributed by atoms with Gasteiger partial charge in [0.15, 0.2) is 18.2 Å². The maximum atomic E-state index is 10.9. The van der Waals surface area contributed by atoms with Crippen molar-refractivity contribution in [2.75, 3.05) is 13.2 Å². The molecule has 0 bridgehead atoms. The smallest absolute Gasteiger partial charge is 0.270 e. The van der Waals surface area contributed by atoms with Gasteiger partial charge in [-0.2, -0.15) is 0 Å². The lowest BCUT2D eigenvalue weighted by Gasteiger charge is -2.45. The van der Waals surface area contributed by atoms with Crippen LogP contribution in [0.15, 0.2) is 42.2 Å². The van der Waals surface area contributed by atoms with Crippen molar-refractivity contribution in [2.24, 2.45) is 0 Å². The van der Waals surface area contributed by atoms with Gasteiger partial charge in [-0.3, -0.25) is 0 Å². The van der Waals surface area contributed by atoms with E-state index in [-0.39, 0.29) is 34.3 Å². The molecule has 2 aromatic rings. The topological polar surface area (TPSA) is 232 Å². The molecule has 10 atom stereocenters. The van der Waals surface area contributed by atoms with Crippen LogP contribution in [0.1, 0.15) is 17.2 Å². The van der Waals surface area contributed by atoms with E-state index >= 15 is 0 Å². The first kappa shape index (κ1) is 28.4. The van der Waals surface area contributed by atoms with Crippen LogP contribution in [0.2, 0.25) is 0 Å². The standard InChI is InChI=1S/C26H30O14/c27-8-18-20(33)21(34)24(40-25-22(35)19(32)15(31)9-36-25)26(39-18)38-17-7-13-14(30)5-12(29)6-16(13)37-23(17)10-1-3-11(28)4-2-10/h1-7,15,18-35H,8-9H2/p+1/t15-,18-,19+,20-,21+,22-,23?,24-,25+,26+/m1/s1. The summed E-state index contributed by atoms with van der Waals surface area (Å²) in [6.45, 7) is -1.10. The molecular formula is C26H31O14+. The first-order valence-electron chi connectivity index (χ1n) is 12.4. The molecule has 14 heteroatoms. The zero-order valence-electron chi connectivity index (χ0n) is 20.8. The molecule has 14 nitrogen and oxygen atoms in total. The summed E-state index contributed by atoms with van der Waals surface area (Å²) in [6.07, 6.45) is -13.6. The minimum absolute atomic E-state index is 0.00739. The first-order valence-corrected chi connectivity index (χ1v) is 12.4. The molecule has 0 amide bonds. The summed E-state index contributed by atoms with van der Waals surface area (Å²) >= 11 is 0. The van der Waals surface area contributed by atoms with Gasteiger partial charge in [0.25, 0.3) is 11.9 Å². The van der Waals surface area contributed by atoms with E-state index in [1.807, 2.05) is 0 Å². The molecule has 10 N–H and O–H groups in total. The zero-order valence-corrected chi connectivity index (χ0v) is 20.8. The van der Waals surface area contributed by atoms with Gasteiger partial charge in [-0.15, -0.1) is 0 Å². The third-order valence-electron chi connectivity index (χ3n) is 6.98. The number of aromatic hydroxyl groups is 4. The number of ether oxygens (including phenoxy) is 5. The fourth-order valence-corrected chi connectivity index (χ4v) is 4.76. The number of fused-ring (bicyclic) bond motifs is 1. The monoisotopic (exact) mass is 567 g/mol. The third-order valence-corrected chi connectivity index (χ3v) is 6.98. The second-order valence-corrected chi connectivity index (χ2v) is 9.74. The molecule has 3 heterocycles. The minimum Gasteiger partial charge on any atom is -0.571 e. The molecular weight excluding hydrogens is 536 g/mol. The maximum absolute atomic E-state index is 10.9. The highest BCUT2D eigenvalue weighted by Gasteiger charge is 2.51. The van der Waals surface area contributed by atoms with E-state index in [1.54, 1.807) is 12.1 Å². The molecule has 3 aliphatic heterocycles. The lowest BCUT2D eigenvalue weighted by molar-refractivity contribution is -0.353. The average Bonchev–Trinajstić information content (AvgIpc) is 2.93. The summed E-state index contributed by atoms with van der Waals surface area (Å²) in [7, 11) is 0. The van der Waals surface area contributed by atoms with E-state index < -0.39 is 74.6 Å². The number of rotatable bonds is 6. The Bertz CT molecular complexity index is 1220. The fraction of sp³-hybridized carbons (Fsp3) is 0.462. The van der Waals surface area contributed by atoms with Crippen LogP contribution in [0.5, 0.6) is 23.0 Å². The van der Waals surface area contributed by atoms with Gasteiger partial charge in [-0.25, -0.2) is 0 Å². The van der Waals surface area contributed by atoms with Crippen molar-refractivity contribution >= 4 is 6.08 Å². The molecule has 0 aliphatic carbocycles. The van der Waals surface area contributed by atoms with E-state index in [2.05, 4.69) is 4.74 Å². The Labute approximate surface area is 227 Å². The van der Waals surface area contributed by atoms with Crippen molar-refractivity contribution in [1.29, 1.82) is 0 Å². The molecule has 0 saturated carbocycles. The Morgan fingerprint density at radius 2 is 1.57 bits per heavy atom. The van der Waals surface area contributed by atoms with Crippen molar-refractivity contribution < 1.29 is 69.6 Å². The number of hydrogen-bond acceptors (Lipinski definition) is 13. The summed E-state index contributed by atoms with van der Waals surface area (Å²) in [6, 6.07) is 8.42. The summed E-state index contributed by atoms with van der Waals surface area (Å²) in [5, 5.41) is 91.4. The van der Waals surface area contributed by atoms with Crippen LogP contribution in [-0.2, 0) is 18.9 Å². The number of hydrogen-bond donors (Lipinski definition) is 9. The Hall–Kier alpha value is -3.18. The predicted octanol–water partition coefficient (Wildman–Crippen LogP) is -1.58. The molecule has 5 rings (SSSR count). The van der Waals surface area contributed by atoms with Crippen LogP contribution in [-0.4, -0.2) is 119 Å². The molecule has 218 valence electrons. The van der Waals surface area contributed by atoms with Crippen LogP contribution in [0.4, 0.5) is 0 Å². The molecule has 0 aromatic heterocycles. The van der Waals surface area contributed by atoms with E-state index in [0.717, 1.165) is 6.07 Å². The zero-order chi connectivity index (χ0) is 28.7. The Morgan fingerprint density at radius 1 is 0.850 bits per heavy atom. The van der Waals surface area contributed by atoms with Gasteiger partial charge in [0.1, 0.15) is 59.4 Å². The average molecular weight is 568 g/mol. The second-order valence-electron chi connectivity index (χ2n) is 9.74. The summed E-state index contributed by atoms with van der Waals surface area (Å²) in [5.41, 5.74) is 0.715. The molecule has 0 spiro atoms. The van der Waals surface area contributed by atoms with Gasteiger partial charge in [-0.1, -0.05) is 0 Å². The van der Waals surface area contributed by atoms with E-state index in [0.29, 0.717) is 5.56 Å². The number of aliphatic hydroxyl groups excluding tert-OH is 6. The highest BCUT2D eigenvalue weighted by molar-refractivity contribution is 5.69. The van der Waals surface area contributed by atoms with Crippen molar-refractivity contribution in [2.45, 2.75) is 61.4 Å². The lowest BCUT2D eigenvalue weighted by Crippen LogP contribution is -2.63. The summed E-state index contributed by atoms with van der Waals surface area (Å²) in [5.74, 6) is -0.259. The van der Waals surface area contributed by atoms with E-state index in [9.17, 15) is 46.0 Å². The first-order chi connectivity index (χ1) is 19.1. The Morgan fingerprint density at radius 3 is 2.27 bits per heavy atom. The molecule has 3 aliphatic rings. The van der Waals surface area contributed by atoms with Gasteiger partial charge in [0, 0.05) is 12.1 Å². The van der Waals surface area contributed by atoms with Crippen LogP contribution in [0, 0.1) is 0 Å². The normalized spacial score (nSPS) is 35.8. The van der Waals surface area contributed by atoms with E-state index in [4.69, 9.17) is 18.9 Å². The number of benzene rings is 2. The summed E-state index contributed by atoms with van der Waals surface area (Å²) in [4.78, 5) is 0. The molecule has 2 fully saturated rings. The largest absolute Gasteiger partial charge is 0.571 e. The van der Waals surface area contributed by atoms with Gasteiger partial charge in [-0.05, 0) is 24.3 Å². The predicted molar refractivity (Wildman–Crippen MR) is 132 cm³/mol. The van der Waals surface area contributed by atoms with Crippen LogP contribution in [0.25, 0.3) is 6.08 Å². The van der Waals surface area contributed by atoms with Crippen molar-refractivity contribution in [3.63, 3.8) is 0 Å². The number of phenolic OH excluding ortho intramolecular Hbond substituents is 3. The van der Waals surface area contributed by atoms with Gasteiger partial charge >= 0.3 is 0 Å². The highest BCUT2D eigenvalue weighted by Crippen LogP contribution is 2.45.